The van der Waals surface area contributed by atoms with Gasteiger partial charge in [-0.1, -0.05) is 23.4 Å². The maximum Gasteiger partial charge on any atom is 0.440 e. The number of amides is 1. The van der Waals surface area contributed by atoms with Gasteiger partial charge in [0.1, 0.15) is 12.4 Å². The molecule has 10 heteroatoms. The Kier molecular flexibility index (Phi) is 7.03. The number of hydrogen-bond acceptors (Lipinski definition) is 5. The van der Waals surface area contributed by atoms with Crippen LogP contribution < -0.4 is 10.3 Å². The van der Waals surface area contributed by atoms with Crippen molar-refractivity contribution in [2.24, 2.45) is 5.16 Å². The molecule has 2 rings (SSSR count). The zero-order valence-electron chi connectivity index (χ0n) is 15.8. The Labute approximate surface area is 164 Å². The molecule has 0 bridgehead atoms. The van der Waals surface area contributed by atoms with E-state index in [0.29, 0.717) is 28.7 Å². The van der Waals surface area contributed by atoms with Crippen LogP contribution in [0.1, 0.15) is 29.2 Å². The van der Waals surface area contributed by atoms with Crippen molar-refractivity contribution in [3.8, 4) is 5.75 Å². The summed E-state index contributed by atoms with van der Waals surface area (Å²) >= 11 is 0. The highest BCUT2D eigenvalue weighted by molar-refractivity contribution is 5.98. The number of halogens is 4. The lowest BCUT2D eigenvalue weighted by atomic mass is 10.1. The first kappa shape index (κ1) is 22.0. The second kappa shape index (κ2) is 9.26. The highest BCUT2D eigenvalue weighted by atomic mass is 19.4. The smallest absolute Gasteiger partial charge is 0.440 e. The van der Waals surface area contributed by atoms with Gasteiger partial charge in [0.15, 0.2) is 5.75 Å². The van der Waals surface area contributed by atoms with Gasteiger partial charge < -0.3 is 14.4 Å². The lowest BCUT2D eigenvalue weighted by Crippen LogP contribution is -2.27. The van der Waals surface area contributed by atoms with Gasteiger partial charge in [0, 0.05) is 11.1 Å². The molecule has 6 nitrogen and oxygen atoms in total. The number of carbonyl (C=O) groups is 1. The van der Waals surface area contributed by atoms with E-state index in [2.05, 4.69) is 15.4 Å². The third-order valence-electron chi connectivity index (χ3n) is 3.83. The molecule has 29 heavy (non-hydrogen) atoms. The highest BCUT2D eigenvalue weighted by Gasteiger charge is 2.33. The van der Waals surface area contributed by atoms with Crippen LogP contribution in [0.15, 0.2) is 41.6 Å². The molecule has 0 radical (unpaired) electrons. The molecule has 1 amide bonds. The number of hydrogen-bond donors (Lipinski definition) is 1. The van der Waals surface area contributed by atoms with Gasteiger partial charge in [-0.05, 0) is 37.6 Å². The first-order valence-electron chi connectivity index (χ1n) is 8.26. The Morgan fingerprint density at radius 2 is 1.90 bits per heavy atom. The SMILES string of the molecule is COC(=O)NOc1cc(C(C)=NOCc2ccc(F)cc2C(F)(F)F)ccc1C. The zero-order valence-corrected chi connectivity index (χ0v) is 15.8. The number of rotatable bonds is 6. The average Bonchev–Trinajstić information content (AvgIpc) is 2.67. The Hall–Kier alpha value is -3.30. The minimum absolute atomic E-state index is 0.245. The van der Waals surface area contributed by atoms with Gasteiger partial charge in [0.2, 0.25) is 0 Å². The molecule has 0 atom stereocenters. The molecule has 0 aliphatic heterocycles. The molecule has 0 saturated heterocycles. The minimum atomic E-state index is -4.71. The number of carbonyl (C=O) groups excluding carboxylic acids is 1. The van der Waals surface area contributed by atoms with Crippen LogP contribution in [0.3, 0.4) is 0 Å². The van der Waals surface area contributed by atoms with Crippen LogP contribution in [0.25, 0.3) is 0 Å². The summed E-state index contributed by atoms with van der Waals surface area (Å²) in [6.45, 7) is 2.83. The van der Waals surface area contributed by atoms with E-state index in [0.717, 1.165) is 12.1 Å². The van der Waals surface area contributed by atoms with Crippen LogP contribution in [0.4, 0.5) is 22.4 Å². The molecular formula is C19H18F4N2O4. The van der Waals surface area contributed by atoms with Gasteiger partial charge in [0.05, 0.1) is 18.4 Å². The molecule has 0 heterocycles. The van der Waals surface area contributed by atoms with E-state index in [4.69, 9.17) is 9.68 Å². The Balaban J connectivity index is 2.12. The first-order valence-corrected chi connectivity index (χ1v) is 8.26. The topological polar surface area (TPSA) is 69.2 Å². The lowest BCUT2D eigenvalue weighted by molar-refractivity contribution is -0.139. The Bertz CT molecular complexity index is 914. The molecule has 0 aromatic heterocycles. The molecule has 0 fully saturated rings. The van der Waals surface area contributed by atoms with Gasteiger partial charge in [-0.2, -0.15) is 18.7 Å². The third kappa shape index (κ3) is 6.09. The number of benzene rings is 2. The maximum atomic E-state index is 13.1. The van der Waals surface area contributed by atoms with Crippen molar-refractivity contribution in [1.82, 2.24) is 5.48 Å². The zero-order chi connectivity index (χ0) is 21.6. The van der Waals surface area contributed by atoms with E-state index in [1.807, 2.05) is 0 Å². The summed E-state index contributed by atoms with van der Waals surface area (Å²) in [5.41, 5.74) is 2.32. The fraction of sp³-hybridized carbons (Fsp3) is 0.263. The van der Waals surface area contributed by atoms with Crippen molar-refractivity contribution in [3.05, 3.63) is 64.5 Å². The monoisotopic (exact) mass is 414 g/mol. The summed E-state index contributed by atoms with van der Waals surface area (Å²) in [4.78, 5) is 21.3. The summed E-state index contributed by atoms with van der Waals surface area (Å²) in [6, 6.07) is 7.29. The molecule has 0 spiro atoms. The molecule has 1 N–H and O–H groups in total. The second-order valence-electron chi connectivity index (χ2n) is 5.93. The summed E-state index contributed by atoms with van der Waals surface area (Å²) in [6.07, 6.45) is -5.50. The van der Waals surface area contributed by atoms with Gasteiger partial charge in [-0.3, -0.25) is 0 Å². The van der Waals surface area contributed by atoms with Crippen molar-refractivity contribution in [2.45, 2.75) is 26.6 Å². The van der Waals surface area contributed by atoms with Crippen LogP contribution in [-0.2, 0) is 22.4 Å². The average molecular weight is 414 g/mol. The quantitative estimate of drug-likeness (QED) is 0.421. The standard InChI is InChI=1S/C19H18F4N2O4/c1-11-4-5-13(8-17(11)29-25-18(26)27-3)12(2)24-28-10-14-6-7-15(20)9-16(14)19(21,22)23/h4-9H,10H2,1-3H3,(H,25,26). The van der Waals surface area contributed by atoms with Gasteiger partial charge >= 0.3 is 12.3 Å². The number of ether oxygens (including phenoxy) is 1. The van der Waals surface area contributed by atoms with Crippen LogP contribution >= 0.6 is 0 Å². The molecule has 0 unspecified atom stereocenters. The number of methoxy groups -OCH3 is 1. The van der Waals surface area contributed by atoms with E-state index >= 15 is 0 Å². The summed E-state index contributed by atoms with van der Waals surface area (Å²) in [5, 5.41) is 3.81. The molecule has 0 aliphatic rings. The van der Waals surface area contributed by atoms with Crippen LogP contribution in [-0.4, -0.2) is 18.9 Å². The van der Waals surface area contributed by atoms with E-state index in [1.165, 1.54) is 7.11 Å². The summed E-state index contributed by atoms with van der Waals surface area (Å²) in [7, 11) is 1.18. The fourth-order valence-corrected chi connectivity index (χ4v) is 2.26. The molecular weight excluding hydrogens is 396 g/mol. The van der Waals surface area contributed by atoms with Gasteiger partial charge in [0.25, 0.3) is 0 Å². The number of nitrogens with one attached hydrogen (secondary N) is 1. The molecule has 2 aromatic rings. The third-order valence-corrected chi connectivity index (χ3v) is 3.83. The first-order chi connectivity index (χ1) is 13.6. The number of oxime groups is 1. The lowest BCUT2D eigenvalue weighted by Gasteiger charge is -2.12. The highest BCUT2D eigenvalue weighted by Crippen LogP contribution is 2.33. The maximum absolute atomic E-state index is 13.1. The Morgan fingerprint density at radius 1 is 1.17 bits per heavy atom. The van der Waals surface area contributed by atoms with Crippen molar-refractivity contribution in [1.29, 1.82) is 0 Å². The van der Waals surface area contributed by atoms with E-state index in [9.17, 15) is 22.4 Å². The van der Waals surface area contributed by atoms with Crippen molar-refractivity contribution in [3.63, 3.8) is 0 Å². The number of nitrogens with zero attached hydrogens (tertiary/aromatic N) is 1. The van der Waals surface area contributed by atoms with Gasteiger partial charge in [-0.15, -0.1) is 0 Å². The Morgan fingerprint density at radius 3 is 2.55 bits per heavy atom. The van der Waals surface area contributed by atoms with Crippen LogP contribution in [0.5, 0.6) is 5.75 Å². The van der Waals surface area contributed by atoms with E-state index < -0.39 is 30.3 Å². The minimum Gasteiger partial charge on any atom is -0.451 e. The van der Waals surface area contributed by atoms with Gasteiger partial charge in [-0.25, -0.2) is 9.18 Å². The largest absolute Gasteiger partial charge is 0.451 e. The predicted octanol–water partition coefficient (Wildman–Crippen LogP) is 4.74. The van der Waals surface area contributed by atoms with Crippen molar-refractivity contribution >= 4 is 11.8 Å². The predicted molar refractivity (Wildman–Crippen MR) is 95.7 cm³/mol. The van der Waals surface area contributed by atoms with Crippen LogP contribution in [0, 0.1) is 12.7 Å². The number of alkyl halides is 3. The van der Waals surface area contributed by atoms with E-state index in [1.54, 1.807) is 32.0 Å². The normalized spacial score (nSPS) is 11.8. The summed E-state index contributed by atoms with van der Waals surface area (Å²) < 4.78 is 56.6. The van der Waals surface area contributed by atoms with Crippen LogP contribution in [0.2, 0.25) is 0 Å². The molecule has 0 saturated carbocycles. The molecule has 156 valence electrons. The number of hydroxylamine groups is 1. The number of aryl methyl sites for hydroxylation is 1. The molecule has 2 aromatic carbocycles. The second-order valence-corrected chi connectivity index (χ2v) is 5.93. The van der Waals surface area contributed by atoms with Crippen molar-refractivity contribution in [2.75, 3.05) is 7.11 Å². The molecule has 0 aliphatic carbocycles. The summed E-state index contributed by atoms with van der Waals surface area (Å²) in [5.74, 6) is -0.672. The van der Waals surface area contributed by atoms with Crippen molar-refractivity contribution < 1.29 is 36.8 Å². The fourth-order valence-electron chi connectivity index (χ4n) is 2.26. The van der Waals surface area contributed by atoms with E-state index in [-0.39, 0.29) is 5.56 Å².